The third-order valence-corrected chi connectivity index (χ3v) is 6.13. The van der Waals surface area contributed by atoms with Crippen LogP contribution in [0, 0.1) is 11.3 Å². The van der Waals surface area contributed by atoms with Crippen LogP contribution in [0.15, 0.2) is 41.4 Å². The third-order valence-electron chi connectivity index (χ3n) is 4.96. The van der Waals surface area contributed by atoms with Gasteiger partial charge in [-0.2, -0.15) is 5.26 Å². The monoisotopic (exact) mass is 451 g/mol. The summed E-state index contributed by atoms with van der Waals surface area (Å²) in [4.78, 5) is 29.5. The maximum Gasteiger partial charge on any atom is 0.407 e. The van der Waals surface area contributed by atoms with Crippen LogP contribution in [0.2, 0.25) is 0 Å². The van der Waals surface area contributed by atoms with Gasteiger partial charge in [0.2, 0.25) is 5.91 Å². The molecule has 2 N–H and O–H groups in total. The summed E-state index contributed by atoms with van der Waals surface area (Å²) in [5.41, 5.74) is 2.13. The number of carbonyl (C=O) groups is 2. The van der Waals surface area contributed by atoms with Gasteiger partial charge in [0, 0.05) is 30.6 Å². The quantitative estimate of drug-likeness (QED) is 0.554. The first kappa shape index (κ1) is 21.4. The predicted octanol–water partition coefficient (Wildman–Crippen LogP) is 3.38. The summed E-state index contributed by atoms with van der Waals surface area (Å²) in [6, 6.07) is 5.67. The fraction of sp³-hybridized carbons (Fsp3) is 0.273. The summed E-state index contributed by atoms with van der Waals surface area (Å²) in [6.45, 7) is 0.289. The molecule has 0 saturated carbocycles. The minimum atomic E-state index is -0.502. The maximum atomic E-state index is 12.3. The Kier molecular flexibility index (Phi) is 6.37. The van der Waals surface area contributed by atoms with Crippen molar-refractivity contribution in [2.24, 2.45) is 7.05 Å². The predicted molar refractivity (Wildman–Crippen MR) is 118 cm³/mol. The topological polar surface area (TPSA) is 122 Å². The number of anilines is 1. The Morgan fingerprint density at radius 2 is 2.38 bits per heavy atom. The first-order valence-corrected chi connectivity index (χ1v) is 10.8. The summed E-state index contributed by atoms with van der Waals surface area (Å²) in [5.74, 6) is 0.214. The molecule has 0 bridgehead atoms. The first-order chi connectivity index (χ1) is 15.5. The second-order valence-electron chi connectivity index (χ2n) is 7.31. The van der Waals surface area contributed by atoms with E-state index in [0.717, 1.165) is 16.1 Å². The van der Waals surface area contributed by atoms with Crippen LogP contribution in [0.5, 0.6) is 0 Å². The number of amides is 2. The second kappa shape index (κ2) is 9.53. The number of rotatable bonds is 6. The molecule has 32 heavy (non-hydrogen) atoms. The smallest absolute Gasteiger partial charge is 0.407 e. The molecule has 1 atom stereocenters. The summed E-state index contributed by atoms with van der Waals surface area (Å²) in [7, 11) is 1.86. The molecule has 1 aliphatic rings. The summed E-state index contributed by atoms with van der Waals surface area (Å²) in [6.07, 6.45) is 8.85. The van der Waals surface area contributed by atoms with Gasteiger partial charge in [0.25, 0.3) is 0 Å². The normalized spacial score (nSPS) is 15.2. The van der Waals surface area contributed by atoms with Gasteiger partial charge in [0.1, 0.15) is 22.9 Å². The highest BCUT2D eigenvalue weighted by atomic mass is 32.1. The molecule has 3 heterocycles. The van der Waals surface area contributed by atoms with E-state index >= 15 is 0 Å². The van der Waals surface area contributed by atoms with Crippen LogP contribution in [-0.4, -0.2) is 27.7 Å². The summed E-state index contributed by atoms with van der Waals surface area (Å²) >= 11 is 1.35. The SMILES string of the molecule is Cn1cnc(CNC(=O)OC2CCc3c(sc(NC(=O)C=Cc4ccco4)c3C#N)C2)c1. The van der Waals surface area contributed by atoms with Crippen molar-refractivity contribution in [1.82, 2.24) is 14.9 Å². The molecule has 0 radical (unpaired) electrons. The van der Waals surface area contributed by atoms with Crippen molar-refractivity contribution in [3.63, 3.8) is 0 Å². The van der Waals surface area contributed by atoms with E-state index in [9.17, 15) is 14.9 Å². The Balaban J connectivity index is 1.35. The lowest BCUT2D eigenvalue weighted by Crippen LogP contribution is -2.31. The first-order valence-electron chi connectivity index (χ1n) is 10.0. The standard InChI is InChI=1S/C22H21N5O4S/c1-27-12-14(25-13-27)11-24-22(29)31-16-4-6-17-18(10-23)21(32-19(17)9-16)26-20(28)7-5-15-3-2-8-30-15/h2-3,5,7-8,12-13,16H,4,6,9,11H2,1H3,(H,24,29)(H,26,28). The lowest BCUT2D eigenvalue weighted by Gasteiger charge is -2.22. The third kappa shape index (κ3) is 5.07. The molecule has 0 aliphatic heterocycles. The molecule has 2 amide bonds. The largest absolute Gasteiger partial charge is 0.465 e. The Morgan fingerprint density at radius 3 is 3.09 bits per heavy atom. The van der Waals surface area contributed by atoms with E-state index in [1.54, 1.807) is 29.1 Å². The van der Waals surface area contributed by atoms with E-state index in [4.69, 9.17) is 9.15 Å². The minimum absolute atomic E-state index is 0.289. The molecule has 0 fully saturated rings. The molecule has 164 valence electrons. The number of nitrogens with zero attached hydrogens (tertiary/aromatic N) is 3. The van der Waals surface area contributed by atoms with Crippen LogP contribution in [-0.2, 0) is 36.0 Å². The second-order valence-corrected chi connectivity index (χ2v) is 8.42. The highest BCUT2D eigenvalue weighted by molar-refractivity contribution is 7.16. The number of furan rings is 1. The molecule has 3 aromatic rings. The van der Waals surface area contributed by atoms with E-state index in [1.807, 2.05) is 13.2 Å². The van der Waals surface area contributed by atoms with Gasteiger partial charge in [0.05, 0.1) is 30.4 Å². The Hall–Kier alpha value is -3.84. The fourth-order valence-electron chi connectivity index (χ4n) is 3.47. The number of alkyl carbamates (subject to hydrolysis) is 1. The number of aromatic nitrogens is 2. The molecule has 4 rings (SSSR count). The van der Waals surface area contributed by atoms with Crippen molar-refractivity contribution in [2.75, 3.05) is 5.32 Å². The number of thiophene rings is 1. The van der Waals surface area contributed by atoms with Crippen LogP contribution < -0.4 is 10.6 Å². The van der Waals surface area contributed by atoms with Gasteiger partial charge in [0.15, 0.2) is 0 Å². The van der Waals surface area contributed by atoms with E-state index in [0.29, 0.717) is 35.6 Å². The number of hydrogen-bond acceptors (Lipinski definition) is 7. The van der Waals surface area contributed by atoms with Crippen molar-refractivity contribution in [2.45, 2.75) is 31.9 Å². The van der Waals surface area contributed by atoms with Crippen LogP contribution >= 0.6 is 11.3 Å². The lowest BCUT2D eigenvalue weighted by atomic mass is 9.94. The number of imidazole rings is 1. The van der Waals surface area contributed by atoms with Crippen molar-refractivity contribution in [1.29, 1.82) is 5.26 Å². The van der Waals surface area contributed by atoms with Gasteiger partial charge in [-0.3, -0.25) is 4.79 Å². The molecule has 1 unspecified atom stereocenters. The summed E-state index contributed by atoms with van der Waals surface area (Å²) in [5, 5.41) is 15.6. The van der Waals surface area contributed by atoms with Crippen molar-refractivity contribution < 1.29 is 18.7 Å². The van der Waals surface area contributed by atoms with E-state index in [1.165, 1.54) is 23.7 Å². The maximum absolute atomic E-state index is 12.3. The van der Waals surface area contributed by atoms with Gasteiger partial charge in [-0.05, 0) is 36.6 Å². The average Bonchev–Trinajstić information content (AvgIpc) is 3.50. The van der Waals surface area contributed by atoms with Crippen molar-refractivity contribution >= 4 is 34.4 Å². The number of ether oxygens (including phenoxy) is 1. The molecular formula is C22H21N5O4S. The number of hydrogen-bond donors (Lipinski definition) is 2. The molecule has 1 aliphatic carbocycles. The molecule has 10 heteroatoms. The number of fused-ring (bicyclic) bond motifs is 1. The number of carbonyl (C=O) groups excluding carboxylic acids is 2. The van der Waals surface area contributed by atoms with Gasteiger partial charge >= 0.3 is 6.09 Å². The van der Waals surface area contributed by atoms with Gasteiger partial charge < -0.3 is 24.4 Å². The van der Waals surface area contributed by atoms with Crippen LogP contribution in [0.25, 0.3) is 6.08 Å². The molecule has 0 spiro atoms. The minimum Gasteiger partial charge on any atom is -0.465 e. The zero-order chi connectivity index (χ0) is 22.5. The van der Waals surface area contributed by atoms with Gasteiger partial charge in [-0.1, -0.05) is 0 Å². The van der Waals surface area contributed by atoms with E-state index in [2.05, 4.69) is 21.7 Å². The molecule has 3 aromatic heterocycles. The molecular weight excluding hydrogens is 430 g/mol. The summed E-state index contributed by atoms with van der Waals surface area (Å²) < 4.78 is 12.5. The van der Waals surface area contributed by atoms with E-state index < -0.39 is 6.09 Å². The highest BCUT2D eigenvalue weighted by Crippen LogP contribution is 2.38. The number of aryl methyl sites for hydroxylation is 1. The van der Waals surface area contributed by atoms with Gasteiger partial charge in [-0.15, -0.1) is 11.3 Å². The van der Waals surface area contributed by atoms with Gasteiger partial charge in [-0.25, -0.2) is 9.78 Å². The Bertz CT molecular complexity index is 1190. The average molecular weight is 452 g/mol. The van der Waals surface area contributed by atoms with Crippen molar-refractivity contribution in [3.8, 4) is 6.07 Å². The fourth-order valence-corrected chi connectivity index (χ4v) is 4.74. The van der Waals surface area contributed by atoms with Crippen molar-refractivity contribution in [3.05, 3.63) is 64.5 Å². The number of nitrogens with one attached hydrogen (secondary N) is 2. The van der Waals surface area contributed by atoms with Crippen LogP contribution in [0.3, 0.4) is 0 Å². The Labute approximate surface area is 188 Å². The van der Waals surface area contributed by atoms with E-state index in [-0.39, 0.29) is 18.6 Å². The molecule has 0 saturated heterocycles. The zero-order valence-electron chi connectivity index (χ0n) is 17.3. The molecule has 9 nitrogen and oxygen atoms in total. The van der Waals surface area contributed by atoms with Crippen LogP contribution in [0.4, 0.5) is 9.80 Å². The Morgan fingerprint density at radius 1 is 1.50 bits per heavy atom. The highest BCUT2D eigenvalue weighted by Gasteiger charge is 2.28. The van der Waals surface area contributed by atoms with Crippen LogP contribution in [0.1, 0.15) is 33.9 Å². The zero-order valence-corrected chi connectivity index (χ0v) is 18.1. The molecule has 0 aromatic carbocycles. The number of nitriles is 1. The lowest BCUT2D eigenvalue weighted by molar-refractivity contribution is -0.111.